The van der Waals surface area contributed by atoms with E-state index in [9.17, 15) is 0 Å². The molecule has 0 aliphatic carbocycles. The maximum atomic E-state index is 5.52. The third kappa shape index (κ3) is 2.83. The number of nitrogens with zero attached hydrogens (tertiary/aromatic N) is 2. The van der Waals surface area contributed by atoms with E-state index in [1.807, 2.05) is 24.3 Å². The Kier molecular flexibility index (Phi) is 4.11. The van der Waals surface area contributed by atoms with Gasteiger partial charge in [-0.15, -0.1) is 0 Å². The monoisotopic (exact) mass is 309 g/mol. The van der Waals surface area contributed by atoms with Crippen LogP contribution in [0.5, 0.6) is 0 Å². The lowest BCUT2D eigenvalue weighted by Gasteiger charge is -2.23. The number of aromatic nitrogens is 2. The fourth-order valence-corrected chi connectivity index (χ4v) is 3.10. The first kappa shape index (κ1) is 14.6. The summed E-state index contributed by atoms with van der Waals surface area (Å²) in [5.41, 5.74) is 4.61. The van der Waals surface area contributed by atoms with E-state index < -0.39 is 0 Å². The van der Waals surface area contributed by atoms with Crippen LogP contribution in [0, 0.1) is 11.7 Å². The van der Waals surface area contributed by atoms with Gasteiger partial charge in [-0.3, -0.25) is 0 Å². The van der Waals surface area contributed by atoms with Crippen molar-refractivity contribution in [2.45, 2.75) is 13.5 Å². The molecule has 0 unspecified atom stereocenters. The van der Waals surface area contributed by atoms with Crippen molar-refractivity contribution in [1.82, 2.24) is 9.66 Å². The van der Waals surface area contributed by atoms with Crippen LogP contribution in [0.25, 0.3) is 11.3 Å². The number of rotatable bonds is 4. The highest BCUT2D eigenvalue weighted by molar-refractivity contribution is 7.71. The zero-order valence-electron chi connectivity index (χ0n) is 12.8. The molecule has 22 heavy (non-hydrogen) atoms. The smallest absolute Gasteiger partial charge is 0.196 e. The van der Waals surface area contributed by atoms with E-state index in [0.29, 0.717) is 0 Å². The predicted molar refractivity (Wildman–Crippen MR) is 94.1 cm³/mol. The SMILES string of the molecule is Cc1[nH]c(=S)n(N(C)Cc2ccccc2)c1-c1ccccc1. The quantitative estimate of drug-likeness (QED) is 0.727. The Hall–Kier alpha value is -2.33. The molecule has 1 heterocycles. The molecule has 0 saturated carbocycles. The Morgan fingerprint density at radius 1 is 1.00 bits per heavy atom. The summed E-state index contributed by atoms with van der Waals surface area (Å²) in [7, 11) is 2.06. The van der Waals surface area contributed by atoms with Gasteiger partial charge in [0.15, 0.2) is 4.77 Å². The highest BCUT2D eigenvalue weighted by atomic mass is 32.1. The summed E-state index contributed by atoms with van der Waals surface area (Å²) < 4.78 is 2.79. The molecule has 0 aliphatic rings. The molecule has 2 aromatic carbocycles. The molecule has 3 rings (SSSR count). The molecule has 0 aliphatic heterocycles. The number of hydrogen-bond donors (Lipinski definition) is 1. The lowest BCUT2D eigenvalue weighted by molar-refractivity contribution is 0.645. The molecule has 0 radical (unpaired) electrons. The standard InChI is InChI=1S/C18H19N3S/c1-14-17(16-11-7-4-8-12-16)21(18(22)19-14)20(2)13-15-9-5-3-6-10-15/h3-12H,13H2,1-2H3,(H,19,22). The molecular formula is C18H19N3S. The fourth-order valence-electron chi connectivity index (χ4n) is 2.71. The van der Waals surface area contributed by atoms with Crippen molar-refractivity contribution in [3.8, 4) is 11.3 Å². The van der Waals surface area contributed by atoms with Crippen molar-refractivity contribution < 1.29 is 0 Å². The van der Waals surface area contributed by atoms with Crippen molar-refractivity contribution in [2.24, 2.45) is 0 Å². The van der Waals surface area contributed by atoms with Crippen LogP contribution in [-0.4, -0.2) is 16.7 Å². The van der Waals surface area contributed by atoms with Crippen LogP contribution >= 0.6 is 12.2 Å². The minimum absolute atomic E-state index is 0.717. The molecule has 0 saturated heterocycles. The van der Waals surface area contributed by atoms with Gasteiger partial charge < -0.3 is 9.99 Å². The lowest BCUT2D eigenvalue weighted by Crippen LogP contribution is -2.30. The van der Waals surface area contributed by atoms with Gasteiger partial charge in [0.1, 0.15) is 0 Å². The fraction of sp³-hybridized carbons (Fsp3) is 0.167. The number of nitrogens with one attached hydrogen (secondary N) is 1. The molecule has 0 atom stereocenters. The second kappa shape index (κ2) is 6.20. The molecule has 3 nitrogen and oxygen atoms in total. The third-order valence-electron chi connectivity index (χ3n) is 3.70. The summed E-state index contributed by atoms with van der Waals surface area (Å²) in [5.74, 6) is 0. The molecular weight excluding hydrogens is 290 g/mol. The maximum Gasteiger partial charge on any atom is 0.196 e. The highest BCUT2D eigenvalue weighted by Gasteiger charge is 2.14. The predicted octanol–water partition coefficient (Wildman–Crippen LogP) is 4.29. The Balaban J connectivity index is 2.02. The number of benzene rings is 2. The summed E-state index contributed by atoms with van der Waals surface area (Å²) in [5, 5.41) is 2.14. The molecule has 0 fully saturated rings. The summed E-state index contributed by atoms with van der Waals surface area (Å²) >= 11 is 5.52. The lowest BCUT2D eigenvalue weighted by atomic mass is 10.1. The van der Waals surface area contributed by atoms with Crippen LogP contribution in [0.4, 0.5) is 0 Å². The summed E-state index contributed by atoms with van der Waals surface area (Å²) in [6.45, 7) is 2.86. The van der Waals surface area contributed by atoms with Gasteiger partial charge in [0.2, 0.25) is 0 Å². The van der Waals surface area contributed by atoms with Crippen molar-refractivity contribution in [3.63, 3.8) is 0 Å². The second-order valence-corrected chi connectivity index (χ2v) is 5.77. The zero-order valence-corrected chi connectivity index (χ0v) is 13.6. The van der Waals surface area contributed by atoms with Crippen molar-refractivity contribution in [1.29, 1.82) is 0 Å². The van der Waals surface area contributed by atoms with Crippen molar-refractivity contribution in [2.75, 3.05) is 12.1 Å². The Morgan fingerprint density at radius 2 is 1.59 bits per heavy atom. The van der Waals surface area contributed by atoms with Gasteiger partial charge in [-0.1, -0.05) is 60.7 Å². The van der Waals surface area contributed by atoms with E-state index in [0.717, 1.165) is 28.3 Å². The average molecular weight is 309 g/mol. The van der Waals surface area contributed by atoms with E-state index in [4.69, 9.17) is 12.2 Å². The first-order valence-corrected chi connectivity index (χ1v) is 7.70. The minimum atomic E-state index is 0.717. The number of H-pyrrole nitrogens is 1. The first-order chi connectivity index (χ1) is 10.7. The Morgan fingerprint density at radius 3 is 2.23 bits per heavy atom. The summed E-state index contributed by atoms with van der Waals surface area (Å²) in [6, 6.07) is 20.7. The van der Waals surface area contributed by atoms with Gasteiger partial charge in [-0.2, -0.15) is 0 Å². The van der Waals surface area contributed by atoms with E-state index in [2.05, 4.69) is 65.0 Å². The number of imidazole rings is 1. The number of hydrogen-bond acceptors (Lipinski definition) is 2. The molecule has 112 valence electrons. The second-order valence-electron chi connectivity index (χ2n) is 5.38. The van der Waals surface area contributed by atoms with Crippen LogP contribution in [0.15, 0.2) is 60.7 Å². The summed E-state index contributed by atoms with van der Waals surface area (Å²) in [4.78, 5) is 3.28. The molecule has 4 heteroatoms. The van der Waals surface area contributed by atoms with Gasteiger partial charge in [0.05, 0.1) is 12.2 Å². The molecule has 0 amide bonds. The van der Waals surface area contributed by atoms with Gasteiger partial charge >= 0.3 is 0 Å². The molecule has 1 aromatic heterocycles. The van der Waals surface area contributed by atoms with Crippen molar-refractivity contribution >= 4 is 12.2 Å². The maximum absolute atomic E-state index is 5.52. The highest BCUT2D eigenvalue weighted by Crippen LogP contribution is 2.23. The average Bonchev–Trinajstić information content (AvgIpc) is 2.83. The Bertz CT molecular complexity index is 803. The van der Waals surface area contributed by atoms with Crippen LogP contribution in [-0.2, 0) is 6.54 Å². The van der Waals surface area contributed by atoms with Gasteiger partial charge in [-0.05, 0) is 24.7 Å². The van der Waals surface area contributed by atoms with Crippen LogP contribution in [0.1, 0.15) is 11.3 Å². The summed E-state index contributed by atoms with van der Waals surface area (Å²) in [6.07, 6.45) is 0. The van der Waals surface area contributed by atoms with Gasteiger partial charge in [0.25, 0.3) is 0 Å². The van der Waals surface area contributed by atoms with Crippen LogP contribution in [0.2, 0.25) is 0 Å². The van der Waals surface area contributed by atoms with Crippen LogP contribution < -0.4 is 5.01 Å². The van der Waals surface area contributed by atoms with E-state index in [-0.39, 0.29) is 0 Å². The topological polar surface area (TPSA) is 24.0 Å². The molecule has 1 N–H and O–H groups in total. The first-order valence-electron chi connectivity index (χ1n) is 7.29. The van der Waals surface area contributed by atoms with Crippen molar-refractivity contribution in [3.05, 3.63) is 76.7 Å². The minimum Gasteiger partial charge on any atom is -0.333 e. The number of aryl methyl sites for hydroxylation is 1. The van der Waals surface area contributed by atoms with Crippen LogP contribution in [0.3, 0.4) is 0 Å². The molecule has 3 aromatic rings. The van der Waals surface area contributed by atoms with Gasteiger partial charge in [-0.25, -0.2) is 4.68 Å². The van der Waals surface area contributed by atoms with Gasteiger partial charge in [0, 0.05) is 18.3 Å². The zero-order chi connectivity index (χ0) is 15.5. The normalized spacial score (nSPS) is 10.6. The molecule has 0 spiro atoms. The largest absolute Gasteiger partial charge is 0.333 e. The van der Waals surface area contributed by atoms with E-state index >= 15 is 0 Å². The number of aromatic amines is 1. The third-order valence-corrected chi connectivity index (χ3v) is 3.97. The van der Waals surface area contributed by atoms with E-state index in [1.165, 1.54) is 5.56 Å². The Labute approximate surface area is 135 Å². The molecule has 0 bridgehead atoms. The van der Waals surface area contributed by atoms with E-state index in [1.54, 1.807) is 0 Å².